The second kappa shape index (κ2) is 5.50. The van der Waals surface area contributed by atoms with Gasteiger partial charge in [0.05, 0.1) is 12.1 Å². The number of rotatable bonds is 1. The van der Waals surface area contributed by atoms with Crippen LogP contribution in [0.15, 0.2) is 18.2 Å². The van der Waals surface area contributed by atoms with E-state index in [4.69, 9.17) is 33.7 Å². The summed E-state index contributed by atoms with van der Waals surface area (Å²) in [6, 6.07) is 8.14. The zero-order valence-corrected chi connectivity index (χ0v) is 11.4. The summed E-state index contributed by atoms with van der Waals surface area (Å²) >= 11 is 11.8. The Hall–Kier alpha value is -2.08. The highest BCUT2D eigenvalue weighted by Crippen LogP contribution is 2.39. The first kappa shape index (κ1) is 14.3. The summed E-state index contributed by atoms with van der Waals surface area (Å²) in [5.41, 5.74) is 0.386. The van der Waals surface area contributed by atoms with Crippen molar-refractivity contribution in [2.75, 3.05) is 0 Å². The van der Waals surface area contributed by atoms with Crippen molar-refractivity contribution >= 4 is 35.0 Å². The number of amides is 2. The van der Waals surface area contributed by atoms with E-state index in [0.717, 1.165) is 0 Å². The summed E-state index contributed by atoms with van der Waals surface area (Å²) < 4.78 is 0. The molecule has 0 radical (unpaired) electrons. The van der Waals surface area contributed by atoms with Gasteiger partial charge < -0.3 is 0 Å². The SMILES string of the molecule is N#CC1C(=O)NC(=O)C(C#N)C1c1ccc(Cl)cc1Cl. The fourth-order valence-electron chi connectivity index (χ4n) is 2.20. The van der Waals surface area contributed by atoms with Crippen LogP contribution in [0.3, 0.4) is 0 Å². The monoisotopic (exact) mass is 307 g/mol. The molecule has 1 heterocycles. The molecule has 5 nitrogen and oxygen atoms in total. The minimum Gasteiger partial charge on any atom is -0.294 e. The molecule has 1 aromatic carbocycles. The van der Waals surface area contributed by atoms with E-state index < -0.39 is 29.6 Å². The Morgan fingerprint density at radius 2 is 1.60 bits per heavy atom. The molecule has 1 saturated heterocycles. The van der Waals surface area contributed by atoms with Gasteiger partial charge in [0.25, 0.3) is 0 Å². The van der Waals surface area contributed by atoms with Crippen LogP contribution in [-0.2, 0) is 9.59 Å². The quantitative estimate of drug-likeness (QED) is 0.803. The smallest absolute Gasteiger partial charge is 0.244 e. The minimum atomic E-state index is -1.16. The van der Waals surface area contributed by atoms with Gasteiger partial charge in [0, 0.05) is 16.0 Å². The third-order valence-corrected chi connectivity index (χ3v) is 3.69. The Kier molecular flexibility index (Phi) is 3.94. The van der Waals surface area contributed by atoms with E-state index in [1.165, 1.54) is 18.2 Å². The van der Waals surface area contributed by atoms with Gasteiger partial charge in [-0.2, -0.15) is 10.5 Å². The number of carbonyl (C=O) groups is 2. The van der Waals surface area contributed by atoms with Crippen molar-refractivity contribution in [2.24, 2.45) is 11.8 Å². The molecule has 0 spiro atoms. The number of imide groups is 1. The van der Waals surface area contributed by atoms with E-state index in [0.29, 0.717) is 10.6 Å². The largest absolute Gasteiger partial charge is 0.294 e. The molecule has 0 aliphatic carbocycles. The number of hydrogen-bond acceptors (Lipinski definition) is 4. The van der Waals surface area contributed by atoms with Crippen molar-refractivity contribution < 1.29 is 9.59 Å². The molecular formula is C13H7Cl2N3O2. The van der Waals surface area contributed by atoms with Crippen LogP contribution < -0.4 is 5.32 Å². The molecule has 1 N–H and O–H groups in total. The van der Waals surface area contributed by atoms with E-state index in [1.807, 2.05) is 17.5 Å². The number of nitriles is 2. The average Bonchev–Trinajstić information content (AvgIpc) is 2.38. The second-order valence-corrected chi connectivity index (χ2v) is 5.10. The number of nitrogens with one attached hydrogen (secondary N) is 1. The lowest BCUT2D eigenvalue weighted by Crippen LogP contribution is -2.49. The van der Waals surface area contributed by atoms with Crippen LogP contribution in [-0.4, -0.2) is 11.8 Å². The van der Waals surface area contributed by atoms with E-state index in [-0.39, 0.29) is 5.02 Å². The Morgan fingerprint density at radius 3 is 2.05 bits per heavy atom. The maximum Gasteiger partial charge on any atom is 0.244 e. The van der Waals surface area contributed by atoms with Crippen LogP contribution >= 0.6 is 23.2 Å². The van der Waals surface area contributed by atoms with Crippen molar-refractivity contribution in [3.8, 4) is 12.1 Å². The van der Waals surface area contributed by atoms with Gasteiger partial charge in [-0.1, -0.05) is 29.3 Å². The zero-order valence-electron chi connectivity index (χ0n) is 9.93. The lowest BCUT2D eigenvalue weighted by atomic mass is 9.74. The molecule has 100 valence electrons. The summed E-state index contributed by atoms with van der Waals surface area (Å²) in [6.45, 7) is 0. The van der Waals surface area contributed by atoms with Gasteiger partial charge in [0.15, 0.2) is 0 Å². The highest BCUT2D eigenvalue weighted by atomic mass is 35.5. The van der Waals surface area contributed by atoms with E-state index >= 15 is 0 Å². The van der Waals surface area contributed by atoms with Crippen LogP contribution in [0.25, 0.3) is 0 Å². The van der Waals surface area contributed by atoms with Crippen LogP contribution in [0.4, 0.5) is 0 Å². The summed E-state index contributed by atoms with van der Waals surface area (Å²) in [6.07, 6.45) is 0. The molecule has 0 bridgehead atoms. The lowest BCUT2D eigenvalue weighted by molar-refractivity contribution is -0.137. The van der Waals surface area contributed by atoms with Crippen LogP contribution in [0, 0.1) is 34.5 Å². The molecule has 0 saturated carbocycles. The summed E-state index contributed by atoms with van der Waals surface area (Å²) in [7, 11) is 0. The van der Waals surface area contributed by atoms with Crippen molar-refractivity contribution in [2.45, 2.75) is 5.92 Å². The summed E-state index contributed by atoms with van der Waals surface area (Å²) in [4.78, 5) is 23.5. The molecule has 2 unspecified atom stereocenters. The van der Waals surface area contributed by atoms with Gasteiger partial charge in [-0.25, -0.2) is 0 Å². The highest BCUT2D eigenvalue weighted by Gasteiger charge is 2.45. The van der Waals surface area contributed by atoms with Gasteiger partial charge >= 0.3 is 0 Å². The highest BCUT2D eigenvalue weighted by molar-refractivity contribution is 6.35. The van der Waals surface area contributed by atoms with Gasteiger partial charge in [0.2, 0.25) is 11.8 Å². The Balaban J connectivity index is 2.58. The van der Waals surface area contributed by atoms with Crippen molar-refractivity contribution in [3.05, 3.63) is 33.8 Å². The summed E-state index contributed by atoms with van der Waals surface area (Å²) in [5.74, 6) is -4.66. The van der Waals surface area contributed by atoms with E-state index in [9.17, 15) is 9.59 Å². The fourth-order valence-corrected chi connectivity index (χ4v) is 2.74. The zero-order chi connectivity index (χ0) is 14.9. The predicted molar refractivity (Wildman–Crippen MR) is 70.6 cm³/mol. The molecule has 7 heteroatoms. The number of carbonyl (C=O) groups excluding carboxylic acids is 2. The molecule has 0 aromatic heterocycles. The molecule has 2 atom stereocenters. The van der Waals surface area contributed by atoms with Crippen LogP contribution in [0.5, 0.6) is 0 Å². The molecule has 1 aliphatic rings. The van der Waals surface area contributed by atoms with Crippen molar-refractivity contribution in [1.82, 2.24) is 5.32 Å². The fraction of sp³-hybridized carbons (Fsp3) is 0.231. The Morgan fingerprint density at radius 1 is 1.05 bits per heavy atom. The van der Waals surface area contributed by atoms with Crippen LogP contribution in [0.1, 0.15) is 11.5 Å². The molecule has 1 aromatic rings. The Labute approximate surface area is 124 Å². The maximum absolute atomic E-state index is 11.7. The predicted octanol–water partition coefficient (Wildman–Crippen LogP) is 2.01. The third-order valence-electron chi connectivity index (χ3n) is 3.13. The molecular weight excluding hydrogens is 301 g/mol. The number of piperidine rings is 1. The van der Waals surface area contributed by atoms with Gasteiger partial charge in [0.1, 0.15) is 11.8 Å². The number of nitrogens with zero attached hydrogens (tertiary/aromatic N) is 2. The third kappa shape index (κ3) is 2.34. The standard InChI is InChI=1S/C13H7Cl2N3O2/c14-6-1-2-7(10(15)3-6)11-8(4-16)12(19)18-13(20)9(11)5-17/h1-3,8-9,11H,(H,18,19,20). The van der Waals surface area contributed by atoms with Crippen molar-refractivity contribution in [1.29, 1.82) is 10.5 Å². The van der Waals surface area contributed by atoms with E-state index in [1.54, 1.807) is 0 Å². The average molecular weight is 308 g/mol. The molecule has 1 fully saturated rings. The number of hydrogen-bond donors (Lipinski definition) is 1. The first-order valence-corrected chi connectivity index (χ1v) is 6.34. The maximum atomic E-state index is 11.7. The first-order valence-electron chi connectivity index (χ1n) is 5.58. The van der Waals surface area contributed by atoms with Gasteiger partial charge in [-0.3, -0.25) is 14.9 Å². The normalized spacial score (nSPS) is 25.5. The van der Waals surface area contributed by atoms with Crippen LogP contribution in [0.2, 0.25) is 10.0 Å². The number of benzene rings is 1. The molecule has 20 heavy (non-hydrogen) atoms. The minimum absolute atomic E-state index is 0.213. The van der Waals surface area contributed by atoms with Gasteiger partial charge in [-0.05, 0) is 17.7 Å². The lowest BCUT2D eigenvalue weighted by Gasteiger charge is -2.30. The number of halogens is 2. The first-order chi connectivity index (χ1) is 9.49. The Bertz CT molecular complexity index is 643. The molecule has 1 aliphatic heterocycles. The topological polar surface area (TPSA) is 93.8 Å². The second-order valence-electron chi connectivity index (χ2n) is 4.26. The molecule has 2 amide bonds. The van der Waals surface area contributed by atoms with Gasteiger partial charge in [-0.15, -0.1) is 0 Å². The van der Waals surface area contributed by atoms with E-state index in [2.05, 4.69) is 0 Å². The molecule has 2 rings (SSSR count). The summed E-state index contributed by atoms with van der Waals surface area (Å²) in [5, 5.41) is 20.9. The van der Waals surface area contributed by atoms with Crippen molar-refractivity contribution in [3.63, 3.8) is 0 Å².